The Balaban J connectivity index is 1.70. The van der Waals surface area contributed by atoms with Crippen LogP contribution in [0.25, 0.3) is 10.9 Å². The molecule has 9 nitrogen and oxygen atoms in total. The number of nitrogens with one attached hydrogen (secondary N) is 2. The van der Waals surface area contributed by atoms with Crippen LogP contribution in [0.3, 0.4) is 0 Å². The number of aliphatic hydroxyl groups is 4. The third kappa shape index (κ3) is 3.58. The highest BCUT2D eigenvalue weighted by molar-refractivity contribution is 5.84. The molecule has 142 valence electrons. The molecule has 1 aliphatic heterocycles. The van der Waals surface area contributed by atoms with Crippen molar-refractivity contribution in [1.82, 2.24) is 10.3 Å². The van der Waals surface area contributed by atoms with Crippen molar-refractivity contribution >= 4 is 16.9 Å². The van der Waals surface area contributed by atoms with Gasteiger partial charge in [-0.15, -0.1) is 0 Å². The molecule has 2 heterocycles. The smallest absolute Gasteiger partial charge is 0.321 e. The standard InChI is InChI=1S/C17H22N2O7/c20-13-7-26-17(25,15(22)14(13)21)8-19-12(16(23)24)5-9-6-18-11-4-2-1-3-10(9)11/h1-4,6,12-15,18-22,25H,5,7-8H2,(H,23,24)/t12-,13+,14+,15-,17?/m0/s1. The molecule has 0 radical (unpaired) electrons. The monoisotopic (exact) mass is 366 g/mol. The van der Waals surface area contributed by atoms with Gasteiger partial charge in [0.25, 0.3) is 0 Å². The number of aliphatic carboxylic acids is 1. The number of aromatic amines is 1. The molecule has 26 heavy (non-hydrogen) atoms. The van der Waals surface area contributed by atoms with Gasteiger partial charge in [0.05, 0.1) is 13.2 Å². The minimum absolute atomic E-state index is 0.136. The van der Waals surface area contributed by atoms with Crippen LogP contribution in [0.5, 0.6) is 0 Å². The average molecular weight is 366 g/mol. The highest BCUT2D eigenvalue weighted by Gasteiger charge is 2.48. The molecule has 5 atom stereocenters. The molecule has 0 saturated carbocycles. The third-order valence-corrected chi connectivity index (χ3v) is 4.68. The molecule has 0 amide bonds. The van der Waals surface area contributed by atoms with E-state index in [2.05, 4.69) is 10.3 Å². The van der Waals surface area contributed by atoms with Crippen molar-refractivity contribution in [3.8, 4) is 0 Å². The molecule has 2 aromatic rings. The number of aromatic nitrogens is 1. The Bertz CT molecular complexity index is 779. The van der Waals surface area contributed by atoms with Gasteiger partial charge in [-0.1, -0.05) is 18.2 Å². The molecule has 9 heteroatoms. The van der Waals surface area contributed by atoms with Gasteiger partial charge in [0.1, 0.15) is 24.4 Å². The maximum absolute atomic E-state index is 11.6. The minimum atomic E-state index is -2.20. The molecular weight excluding hydrogens is 344 g/mol. The van der Waals surface area contributed by atoms with Crippen LogP contribution < -0.4 is 5.32 Å². The summed E-state index contributed by atoms with van der Waals surface area (Å²) in [6, 6.07) is 6.41. The first-order chi connectivity index (χ1) is 12.3. The molecule has 3 rings (SSSR count). The molecule has 1 aliphatic rings. The van der Waals surface area contributed by atoms with Crippen molar-refractivity contribution in [1.29, 1.82) is 0 Å². The molecule has 0 bridgehead atoms. The Morgan fingerprint density at radius 2 is 2.08 bits per heavy atom. The van der Waals surface area contributed by atoms with Crippen LogP contribution in [0.4, 0.5) is 0 Å². The first kappa shape index (κ1) is 18.8. The van der Waals surface area contributed by atoms with Crippen LogP contribution in [-0.2, 0) is 16.0 Å². The summed E-state index contributed by atoms with van der Waals surface area (Å²) in [6.45, 7) is -0.812. The van der Waals surface area contributed by atoms with Gasteiger partial charge in [-0.3, -0.25) is 10.1 Å². The zero-order chi connectivity index (χ0) is 18.9. The Morgan fingerprint density at radius 1 is 1.35 bits per heavy atom. The number of fused-ring (bicyclic) bond motifs is 1. The van der Waals surface area contributed by atoms with E-state index in [9.17, 15) is 30.3 Å². The fourth-order valence-electron chi connectivity index (χ4n) is 3.08. The van der Waals surface area contributed by atoms with Gasteiger partial charge in [0.2, 0.25) is 5.79 Å². The van der Waals surface area contributed by atoms with Crippen LogP contribution in [0, 0.1) is 0 Å². The predicted octanol–water partition coefficient (Wildman–Crippen LogP) is -1.45. The SMILES string of the molecule is O=C(O)[C@H](Cc1c[nH]c2ccccc12)NCC1(O)OC[C@@H](O)[C@@H](O)[C@@H]1O. The van der Waals surface area contributed by atoms with E-state index in [4.69, 9.17) is 4.74 Å². The number of ether oxygens (including phenoxy) is 1. The zero-order valence-electron chi connectivity index (χ0n) is 13.9. The molecule has 1 unspecified atom stereocenters. The minimum Gasteiger partial charge on any atom is -0.480 e. The van der Waals surface area contributed by atoms with E-state index < -0.39 is 42.7 Å². The lowest BCUT2D eigenvalue weighted by molar-refractivity contribution is -0.318. The molecule has 1 aromatic carbocycles. The summed E-state index contributed by atoms with van der Waals surface area (Å²) in [5, 5.41) is 52.5. The average Bonchev–Trinajstić information content (AvgIpc) is 3.03. The number of carboxylic acids is 1. The third-order valence-electron chi connectivity index (χ3n) is 4.68. The number of para-hydroxylation sites is 1. The lowest BCUT2D eigenvalue weighted by Crippen LogP contribution is -2.65. The van der Waals surface area contributed by atoms with Gasteiger partial charge in [-0.25, -0.2) is 0 Å². The van der Waals surface area contributed by atoms with E-state index in [1.165, 1.54) is 0 Å². The van der Waals surface area contributed by atoms with Crippen LogP contribution in [-0.4, -0.2) is 79.8 Å². The van der Waals surface area contributed by atoms with Crippen LogP contribution in [0.1, 0.15) is 5.56 Å². The fourth-order valence-corrected chi connectivity index (χ4v) is 3.08. The van der Waals surface area contributed by atoms with E-state index in [-0.39, 0.29) is 13.0 Å². The molecule has 1 aromatic heterocycles. The number of benzene rings is 1. The summed E-state index contributed by atoms with van der Waals surface area (Å²) in [7, 11) is 0. The van der Waals surface area contributed by atoms with Crippen molar-refractivity contribution in [2.24, 2.45) is 0 Å². The summed E-state index contributed by atoms with van der Waals surface area (Å²) in [5.74, 6) is -3.34. The van der Waals surface area contributed by atoms with E-state index >= 15 is 0 Å². The first-order valence-electron chi connectivity index (χ1n) is 8.23. The van der Waals surface area contributed by atoms with E-state index in [0.717, 1.165) is 16.5 Å². The lowest BCUT2D eigenvalue weighted by atomic mass is 9.96. The van der Waals surface area contributed by atoms with Crippen molar-refractivity contribution in [2.75, 3.05) is 13.2 Å². The van der Waals surface area contributed by atoms with Gasteiger partial charge in [0, 0.05) is 23.5 Å². The molecule has 7 N–H and O–H groups in total. The van der Waals surface area contributed by atoms with E-state index in [1.54, 1.807) is 6.20 Å². The van der Waals surface area contributed by atoms with Crippen LogP contribution in [0.15, 0.2) is 30.5 Å². The fraction of sp³-hybridized carbons (Fsp3) is 0.471. The molecular formula is C17H22N2O7. The van der Waals surface area contributed by atoms with Crippen molar-refractivity contribution in [3.63, 3.8) is 0 Å². The Labute approximate surface area is 148 Å². The summed E-state index contributed by atoms with van der Waals surface area (Å²) in [6.07, 6.45) is -2.83. The number of hydrogen-bond acceptors (Lipinski definition) is 7. The number of carboxylic acid groups (broad SMARTS) is 1. The van der Waals surface area contributed by atoms with E-state index in [1.807, 2.05) is 24.3 Å². The van der Waals surface area contributed by atoms with Gasteiger partial charge in [-0.05, 0) is 11.6 Å². The summed E-state index contributed by atoms with van der Waals surface area (Å²) in [4.78, 5) is 14.7. The zero-order valence-corrected chi connectivity index (χ0v) is 13.9. The largest absolute Gasteiger partial charge is 0.480 e. The molecule has 1 fully saturated rings. The normalized spacial score (nSPS) is 30.4. The van der Waals surface area contributed by atoms with Gasteiger partial charge >= 0.3 is 5.97 Å². The van der Waals surface area contributed by atoms with Gasteiger partial charge in [-0.2, -0.15) is 0 Å². The molecule has 1 saturated heterocycles. The van der Waals surface area contributed by atoms with Crippen molar-refractivity contribution in [2.45, 2.75) is 36.6 Å². The lowest BCUT2D eigenvalue weighted by Gasteiger charge is -2.42. The number of carbonyl (C=O) groups is 1. The Morgan fingerprint density at radius 3 is 2.81 bits per heavy atom. The topological polar surface area (TPSA) is 155 Å². The number of aliphatic hydroxyl groups excluding tert-OH is 3. The maximum Gasteiger partial charge on any atom is 0.321 e. The first-order valence-corrected chi connectivity index (χ1v) is 8.23. The second-order valence-electron chi connectivity index (χ2n) is 6.49. The number of hydrogen-bond donors (Lipinski definition) is 7. The Kier molecular flexibility index (Phi) is 5.28. The Hall–Kier alpha value is -2.01. The summed E-state index contributed by atoms with van der Waals surface area (Å²) < 4.78 is 5.03. The second kappa shape index (κ2) is 7.31. The number of H-pyrrole nitrogens is 1. The van der Waals surface area contributed by atoms with Crippen LogP contribution >= 0.6 is 0 Å². The molecule has 0 spiro atoms. The predicted molar refractivity (Wildman–Crippen MR) is 90.4 cm³/mol. The summed E-state index contributed by atoms with van der Waals surface area (Å²) >= 11 is 0. The van der Waals surface area contributed by atoms with Crippen molar-refractivity contribution < 1.29 is 35.1 Å². The second-order valence-corrected chi connectivity index (χ2v) is 6.49. The van der Waals surface area contributed by atoms with E-state index in [0.29, 0.717) is 0 Å². The quantitative estimate of drug-likeness (QED) is 0.328. The maximum atomic E-state index is 11.6. The van der Waals surface area contributed by atoms with Crippen LogP contribution in [0.2, 0.25) is 0 Å². The highest BCUT2D eigenvalue weighted by atomic mass is 16.6. The van der Waals surface area contributed by atoms with Gasteiger partial charge < -0.3 is 35.3 Å². The highest BCUT2D eigenvalue weighted by Crippen LogP contribution is 2.24. The van der Waals surface area contributed by atoms with Crippen molar-refractivity contribution in [3.05, 3.63) is 36.0 Å². The summed E-state index contributed by atoms with van der Waals surface area (Å²) in [5.41, 5.74) is 1.67. The molecule has 0 aliphatic carbocycles. The van der Waals surface area contributed by atoms with Gasteiger partial charge in [0.15, 0.2) is 0 Å². The number of rotatable bonds is 6.